The third-order valence-electron chi connectivity index (χ3n) is 4.21. The standard InChI is InChI=1S/C21H21N3O3S/c1-24(16-17-6-3-2-4-7-17)21(25)19-9-11-20(12-10-19)28(26,27)23-15-18-8-5-13-22-14-18/h2-14,23H,15-16H2,1H3. The number of amides is 1. The predicted octanol–water partition coefficient (Wildman–Crippen LogP) is 2.83. The van der Waals surface area contributed by atoms with Crippen molar-refractivity contribution in [2.45, 2.75) is 18.0 Å². The molecule has 0 bridgehead atoms. The van der Waals surface area contributed by atoms with Gasteiger partial charge in [0.2, 0.25) is 10.0 Å². The Morgan fingerprint density at radius 2 is 1.64 bits per heavy atom. The summed E-state index contributed by atoms with van der Waals surface area (Å²) >= 11 is 0. The zero-order valence-electron chi connectivity index (χ0n) is 15.4. The van der Waals surface area contributed by atoms with Gasteiger partial charge in [-0.1, -0.05) is 36.4 Å². The maximum atomic E-state index is 12.6. The predicted molar refractivity (Wildman–Crippen MR) is 107 cm³/mol. The number of hydrogen-bond acceptors (Lipinski definition) is 4. The van der Waals surface area contributed by atoms with Crippen LogP contribution in [-0.2, 0) is 23.1 Å². The molecule has 0 aliphatic heterocycles. The van der Waals surface area contributed by atoms with Gasteiger partial charge in [-0.25, -0.2) is 13.1 Å². The lowest BCUT2D eigenvalue weighted by molar-refractivity contribution is 0.0785. The van der Waals surface area contributed by atoms with Gasteiger partial charge in [0.05, 0.1) is 4.90 Å². The Morgan fingerprint density at radius 3 is 2.29 bits per heavy atom. The number of aromatic nitrogens is 1. The van der Waals surface area contributed by atoms with Crippen LogP contribution in [0, 0.1) is 0 Å². The minimum absolute atomic E-state index is 0.110. The molecule has 6 nitrogen and oxygen atoms in total. The summed E-state index contributed by atoms with van der Waals surface area (Å²) in [5.74, 6) is -0.170. The minimum Gasteiger partial charge on any atom is -0.337 e. The highest BCUT2D eigenvalue weighted by Gasteiger charge is 2.16. The topological polar surface area (TPSA) is 79.4 Å². The quantitative estimate of drug-likeness (QED) is 0.667. The van der Waals surface area contributed by atoms with Crippen LogP contribution in [0.2, 0.25) is 0 Å². The van der Waals surface area contributed by atoms with Crippen LogP contribution in [0.4, 0.5) is 0 Å². The average molecular weight is 395 g/mol. The third-order valence-corrected chi connectivity index (χ3v) is 5.63. The lowest BCUT2D eigenvalue weighted by atomic mass is 10.1. The molecule has 1 aromatic heterocycles. The summed E-state index contributed by atoms with van der Waals surface area (Å²) < 4.78 is 27.4. The van der Waals surface area contributed by atoms with Gasteiger partial charge in [0.25, 0.3) is 5.91 Å². The lowest BCUT2D eigenvalue weighted by Crippen LogP contribution is -2.26. The van der Waals surface area contributed by atoms with Gasteiger partial charge in [-0.05, 0) is 41.5 Å². The molecule has 0 atom stereocenters. The SMILES string of the molecule is CN(Cc1ccccc1)C(=O)c1ccc(S(=O)(=O)NCc2cccnc2)cc1. The van der Waals surface area contributed by atoms with E-state index in [-0.39, 0.29) is 17.3 Å². The number of pyridine rings is 1. The summed E-state index contributed by atoms with van der Waals surface area (Å²) in [5.41, 5.74) is 2.22. The number of rotatable bonds is 7. The van der Waals surface area contributed by atoms with Crippen LogP contribution in [0.1, 0.15) is 21.5 Å². The second-order valence-electron chi connectivity index (χ2n) is 6.36. The average Bonchev–Trinajstić information content (AvgIpc) is 2.73. The van der Waals surface area contributed by atoms with Gasteiger partial charge in [-0.15, -0.1) is 0 Å². The molecule has 7 heteroatoms. The van der Waals surface area contributed by atoms with Crippen molar-refractivity contribution in [1.29, 1.82) is 0 Å². The first kappa shape index (κ1) is 19.7. The fourth-order valence-electron chi connectivity index (χ4n) is 2.69. The number of carbonyl (C=O) groups excluding carboxylic acids is 1. The maximum Gasteiger partial charge on any atom is 0.253 e. The van der Waals surface area contributed by atoms with E-state index < -0.39 is 10.0 Å². The fourth-order valence-corrected chi connectivity index (χ4v) is 3.71. The van der Waals surface area contributed by atoms with Crippen molar-refractivity contribution in [2.75, 3.05) is 7.05 Å². The number of carbonyl (C=O) groups is 1. The van der Waals surface area contributed by atoms with Gasteiger partial charge >= 0.3 is 0 Å². The molecule has 3 aromatic rings. The summed E-state index contributed by atoms with van der Waals surface area (Å²) in [6.45, 7) is 0.628. The van der Waals surface area contributed by atoms with E-state index in [1.54, 1.807) is 36.5 Å². The summed E-state index contributed by atoms with van der Waals surface area (Å²) in [4.78, 5) is 18.2. The van der Waals surface area contributed by atoms with Crippen LogP contribution in [0.5, 0.6) is 0 Å². The van der Waals surface area contributed by atoms with E-state index in [1.807, 2.05) is 30.3 Å². The van der Waals surface area contributed by atoms with Gasteiger partial charge in [0.1, 0.15) is 0 Å². The van der Waals surface area contributed by atoms with E-state index >= 15 is 0 Å². The Bertz CT molecular complexity index is 1020. The number of nitrogens with one attached hydrogen (secondary N) is 1. The summed E-state index contributed by atoms with van der Waals surface area (Å²) in [5, 5.41) is 0. The monoisotopic (exact) mass is 395 g/mol. The molecule has 0 spiro atoms. The largest absolute Gasteiger partial charge is 0.337 e. The van der Waals surface area contributed by atoms with Crippen LogP contribution in [0.15, 0.2) is 84.0 Å². The van der Waals surface area contributed by atoms with Crippen molar-refractivity contribution in [3.8, 4) is 0 Å². The Balaban J connectivity index is 1.65. The molecule has 0 aliphatic rings. The van der Waals surface area contributed by atoms with Crippen molar-refractivity contribution in [3.63, 3.8) is 0 Å². The number of hydrogen-bond donors (Lipinski definition) is 1. The van der Waals surface area contributed by atoms with E-state index in [4.69, 9.17) is 0 Å². The summed E-state index contributed by atoms with van der Waals surface area (Å²) in [7, 11) is -1.95. The number of sulfonamides is 1. The van der Waals surface area contributed by atoms with Crippen molar-refractivity contribution in [3.05, 3.63) is 95.8 Å². The zero-order valence-corrected chi connectivity index (χ0v) is 16.3. The van der Waals surface area contributed by atoms with E-state index in [2.05, 4.69) is 9.71 Å². The first-order valence-electron chi connectivity index (χ1n) is 8.74. The van der Waals surface area contributed by atoms with Crippen LogP contribution >= 0.6 is 0 Å². The zero-order chi connectivity index (χ0) is 20.0. The molecule has 144 valence electrons. The Hall–Kier alpha value is -3.03. The molecule has 28 heavy (non-hydrogen) atoms. The second-order valence-corrected chi connectivity index (χ2v) is 8.12. The van der Waals surface area contributed by atoms with Crippen LogP contribution in [0.3, 0.4) is 0 Å². The minimum atomic E-state index is -3.67. The lowest BCUT2D eigenvalue weighted by Gasteiger charge is -2.17. The highest BCUT2D eigenvalue weighted by atomic mass is 32.2. The fraction of sp³-hybridized carbons (Fsp3) is 0.143. The smallest absolute Gasteiger partial charge is 0.253 e. The number of benzene rings is 2. The Labute approximate surface area is 164 Å². The Morgan fingerprint density at radius 1 is 0.964 bits per heavy atom. The molecule has 0 unspecified atom stereocenters. The normalized spacial score (nSPS) is 11.2. The van der Waals surface area contributed by atoms with E-state index in [9.17, 15) is 13.2 Å². The molecule has 0 aliphatic carbocycles. The summed E-state index contributed by atoms with van der Waals surface area (Å²) in [6.07, 6.45) is 3.23. The molecule has 1 heterocycles. The van der Waals surface area contributed by atoms with Crippen molar-refractivity contribution < 1.29 is 13.2 Å². The maximum absolute atomic E-state index is 12.6. The van der Waals surface area contributed by atoms with Crippen LogP contribution < -0.4 is 4.72 Å². The summed E-state index contributed by atoms with van der Waals surface area (Å²) in [6, 6.07) is 19.1. The first-order chi connectivity index (χ1) is 13.5. The van der Waals surface area contributed by atoms with Crippen molar-refractivity contribution in [2.24, 2.45) is 0 Å². The van der Waals surface area contributed by atoms with Gasteiger partial charge in [-0.2, -0.15) is 0 Å². The molecule has 3 rings (SSSR count). The molecule has 0 saturated heterocycles. The molecule has 1 amide bonds. The highest BCUT2D eigenvalue weighted by molar-refractivity contribution is 7.89. The molecule has 1 N–H and O–H groups in total. The van der Waals surface area contributed by atoms with Crippen LogP contribution in [0.25, 0.3) is 0 Å². The van der Waals surface area contributed by atoms with E-state index in [0.717, 1.165) is 11.1 Å². The Kier molecular flexibility index (Phi) is 6.18. The van der Waals surface area contributed by atoms with Gasteiger partial charge in [-0.3, -0.25) is 9.78 Å². The molecule has 0 fully saturated rings. The molecule has 2 aromatic carbocycles. The van der Waals surface area contributed by atoms with Gasteiger partial charge in [0, 0.05) is 38.1 Å². The highest BCUT2D eigenvalue weighted by Crippen LogP contribution is 2.14. The molecular weight excluding hydrogens is 374 g/mol. The van der Waals surface area contributed by atoms with E-state index in [0.29, 0.717) is 12.1 Å². The first-order valence-corrected chi connectivity index (χ1v) is 10.2. The molecule has 0 radical (unpaired) electrons. The van der Waals surface area contributed by atoms with Gasteiger partial charge < -0.3 is 4.90 Å². The van der Waals surface area contributed by atoms with E-state index in [1.165, 1.54) is 24.3 Å². The number of nitrogens with zero attached hydrogens (tertiary/aromatic N) is 2. The van der Waals surface area contributed by atoms with Crippen LogP contribution in [-0.4, -0.2) is 31.3 Å². The molecule has 0 saturated carbocycles. The van der Waals surface area contributed by atoms with Gasteiger partial charge in [0.15, 0.2) is 0 Å². The molecular formula is C21H21N3O3S. The van der Waals surface area contributed by atoms with Crippen molar-refractivity contribution in [1.82, 2.24) is 14.6 Å². The second kappa shape index (κ2) is 8.77. The third kappa shape index (κ3) is 5.03. The van der Waals surface area contributed by atoms with Crippen molar-refractivity contribution >= 4 is 15.9 Å².